The third kappa shape index (κ3) is 2.27. The van der Waals surface area contributed by atoms with Crippen molar-refractivity contribution >= 4 is 11.6 Å². The lowest BCUT2D eigenvalue weighted by atomic mass is 10.2. The number of benzene rings is 1. The Hall–Kier alpha value is -3.03. The lowest BCUT2D eigenvalue weighted by Crippen LogP contribution is -2.30. The second-order valence-electron chi connectivity index (χ2n) is 4.38. The Morgan fingerprint density at radius 2 is 2.05 bits per heavy atom. The first-order valence-corrected chi connectivity index (χ1v) is 6.27. The number of carbonyl (C=O) groups excluding carboxylic acids is 1. The van der Waals surface area contributed by atoms with E-state index >= 15 is 0 Å². The minimum absolute atomic E-state index is 0.0777. The number of nitrogens with one attached hydrogen (secondary N) is 1. The summed E-state index contributed by atoms with van der Waals surface area (Å²) in [7, 11) is 1.48. The molecule has 1 amide bonds. The number of rotatable bonds is 3. The fraction of sp³-hybridized carbons (Fsp3) is 0.154. The summed E-state index contributed by atoms with van der Waals surface area (Å²) < 4.78 is 2.43. The lowest BCUT2D eigenvalue weighted by molar-refractivity contribution is 0.0960. The van der Waals surface area contributed by atoms with Gasteiger partial charge in [0.25, 0.3) is 5.91 Å². The molecule has 0 saturated heterocycles. The van der Waals surface area contributed by atoms with Crippen LogP contribution in [-0.2, 0) is 6.54 Å². The molecular weight excluding hydrogens is 272 g/mol. The van der Waals surface area contributed by atoms with Crippen molar-refractivity contribution < 1.29 is 4.79 Å². The van der Waals surface area contributed by atoms with Gasteiger partial charge < -0.3 is 5.32 Å². The summed E-state index contributed by atoms with van der Waals surface area (Å²) in [6, 6.07) is 9.44. The number of hydrogen-bond acceptors (Lipinski definition) is 5. The molecule has 8 nitrogen and oxygen atoms in total. The molecule has 2 aromatic heterocycles. The van der Waals surface area contributed by atoms with E-state index in [1.165, 1.54) is 22.5 Å². The number of carbonyl (C=O) groups is 1. The van der Waals surface area contributed by atoms with E-state index in [0.29, 0.717) is 6.54 Å². The van der Waals surface area contributed by atoms with Crippen LogP contribution in [0.1, 0.15) is 16.1 Å². The van der Waals surface area contributed by atoms with Gasteiger partial charge in [-0.15, -0.1) is 5.10 Å². The van der Waals surface area contributed by atoms with Crippen LogP contribution < -0.4 is 11.0 Å². The molecule has 8 heteroatoms. The molecule has 0 atom stereocenters. The molecular formula is C13H12N6O2. The predicted molar refractivity (Wildman–Crippen MR) is 74.0 cm³/mol. The summed E-state index contributed by atoms with van der Waals surface area (Å²) in [6.07, 6.45) is 1.28. The molecule has 3 rings (SSSR count). The number of nitrogens with zero attached hydrogens (tertiary/aromatic N) is 5. The maximum atomic E-state index is 12.3. The zero-order valence-electron chi connectivity index (χ0n) is 11.2. The highest BCUT2D eigenvalue weighted by Crippen LogP contribution is 2.03. The van der Waals surface area contributed by atoms with Crippen LogP contribution in [0.15, 0.2) is 41.5 Å². The van der Waals surface area contributed by atoms with Crippen molar-refractivity contribution in [1.29, 1.82) is 0 Å². The summed E-state index contributed by atoms with van der Waals surface area (Å²) in [5.74, 6) is -0.410. The summed E-state index contributed by atoms with van der Waals surface area (Å²) in [4.78, 5) is 27.8. The van der Waals surface area contributed by atoms with Crippen LogP contribution in [0.5, 0.6) is 0 Å². The minimum atomic E-state index is -0.410. The number of amides is 1. The predicted octanol–water partition coefficient (Wildman–Crippen LogP) is -0.306. The van der Waals surface area contributed by atoms with Crippen LogP contribution in [0, 0.1) is 0 Å². The molecule has 0 spiro atoms. The van der Waals surface area contributed by atoms with E-state index in [2.05, 4.69) is 20.6 Å². The molecule has 1 aromatic carbocycles. The molecule has 0 unspecified atom stereocenters. The number of imidazole rings is 1. The first-order valence-electron chi connectivity index (χ1n) is 6.27. The minimum Gasteiger partial charge on any atom is -0.354 e. The van der Waals surface area contributed by atoms with Gasteiger partial charge >= 0.3 is 5.69 Å². The molecule has 1 N–H and O–H groups in total. The summed E-state index contributed by atoms with van der Waals surface area (Å²) in [5, 5.41) is 10.2. The molecule has 0 aliphatic rings. The summed E-state index contributed by atoms with van der Waals surface area (Å²) in [6.45, 7) is 0.302. The van der Waals surface area contributed by atoms with Gasteiger partial charge in [-0.3, -0.25) is 4.79 Å². The Morgan fingerprint density at radius 3 is 2.76 bits per heavy atom. The zero-order valence-corrected chi connectivity index (χ0v) is 11.2. The maximum absolute atomic E-state index is 12.3. The molecule has 21 heavy (non-hydrogen) atoms. The monoisotopic (exact) mass is 284 g/mol. The van der Waals surface area contributed by atoms with E-state index in [0.717, 1.165) is 5.56 Å². The van der Waals surface area contributed by atoms with Crippen LogP contribution in [-0.4, -0.2) is 37.3 Å². The highest BCUT2D eigenvalue weighted by atomic mass is 16.2. The van der Waals surface area contributed by atoms with Gasteiger partial charge in [-0.1, -0.05) is 35.5 Å². The molecule has 3 aromatic rings. The second kappa shape index (κ2) is 5.16. The quantitative estimate of drug-likeness (QED) is 0.712. The Balaban J connectivity index is 2.06. The van der Waals surface area contributed by atoms with Crippen molar-refractivity contribution in [2.24, 2.45) is 0 Å². The lowest BCUT2D eigenvalue weighted by Gasteiger charge is -2.04. The number of aromatic nitrogens is 5. The zero-order chi connectivity index (χ0) is 14.8. The molecule has 0 radical (unpaired) electrons. The van der Waals surface area contributed by atoms with Crippen LogP contribution in [0.25, 0.3) is 5.65 Å². The van der Waals surface area contributed by atoms with Crippen molar-refractivity contribution in [2.45, 2.75) is 6.54 Å². The standard InChI is InChI=1S/C13H12N6O2/c1-14-12(20)10-11-16-17-19(13(21)18(11)8-15-10)7-9-5-3-2-4-6-9/h2-6,8H,7H2,1H3,(H,14,20). The van der Waals surface area contributed by atoms with Crippen LogP contribution >= 0.6 is 0 Å². The molecule has 0 aliphatic heterocycles. The molecule has 106 valence electrons. The van der Waals surface area contributed by atoms with Crippen LogP contribution in [0.3, 0.4) is 0 Å². The molecule has 0 aliphatic carbocycles. The average Bonchev–Trinajstić information content (AvgIpc) is 2.95. The van der Waals surface area contributed by atoms with Crippen molar-refractivity contribution in [3.05, 3.63) is 58.4 Å². The summed E-state index contributed by atoms with van der Waals surface area (Å²) in [5.41, 5.74) is 0.754. The Kier molecular flexibility index (Phi) is 3.19. The van der Waals surface area contributed by atoms with E-state index in [1.807, 2.05) is 30.3 Å². The topological polar surface area (TPSA) is 94.2 Å². The second-order valence-corrected chi connectivity index (χ2v) is 4.38. The Labute approximate surface area is 119 Å². The van der Waals surface area contributed by atoms with Crippen molar-refractivity contribution in [3.63, 3.8) is 0 Å². The van der Waals surface area contributed by atoms with E-state index in [4.69, 9.17) is 0 Å². The van der Waals surface area contributed by atoms with Crippen LogP contribution in [0.4, 0.5) is 0 Å². The van der Waals surface area contributed by atoms with Gasteiger partial charge in [0.1, 0.15) is 6.33 Å². The highest BCUT2D eigenvalue weighted by Gasteiger charge is 2.16. The number of fused-ring (bicyclic) bond motifs is 1. The average molecular weight is 284 g/mol. The van der Waals surface area contributed by atoms with E-state index in [1.54, 1.807) is 0 Å². The van der Waals surface area contributed by atoms with Gasteiger partial charge in [-0.25, -0.2) is 14.2 Å². The van der Waals surface area contributed by atoms with Crippen molar-refractivity contribution in [3.8, 4) is 0 Å². The smallest absolute Gasteiger partial charge is 0.353 e. The third-order valence-corrected chi connectivity index (χ3v) is 3.03. The first-order chi connectivity index (χ1) is 10.2. The molecule has 2 heterocycles. The van der Waals surface area contributed by atoms with Crippen molar-refractivity contribution in [2.75, 3.05) is 7.05 Å². The Morgan fingerprint density at radius 1 is 1.29 bits per heavy atom. The molecule has 0 bridgehead atoms. The van der Waals surface area contributed by atoms with Crippen molar-refractivity contribution in [1.82, 2.24) is 29.7 Å². The van der Waals surface area contributed by atoms with Gasteiger partial charge in [0.05, 0.1) is 6.54 Å². The largest absolute Gasteiger partial charge is 0.354 e. The third-order valence-electron chi connectivity index (χ3n) is 3.03. The Bertz CT molecular complexity index is 852. The van der Waals surface area contributed by atoms with Crippen LogP contribution in [0.2, 0.25) is 0 Å². The summed E-state index contributed by atoms with van der Waals surface area (Å²) >= 11 is 0. The highest BCUT2D eigenvalue weighted by molar-refractivity contribution is 5.97. The maximum Gasteiger partial charge on any atom is 0.353 e. The van der Waals surface area contributed by atoms with Gasteiger partial charge in [0.15, 0.2) is 11.3 Å². The fourth-order valence-corrected chi connectivity index (χ4v) is 1.97. The van der Waals surface area contributed by atoms with Gasteiger partial charge in [-0.2, -0.15) is 4.68 Å². The molecule has 0 fully saturated rings. The number of hydrogen-bond donors (Lipinski definition) is 1. The van der Waals surface area contributed by atoms with Gasteiger partial charge in [0.2, 0.25) is 0 Å². The van der Waals surface area contributed by atoms with E-state index in [-0.39, 0.29) is 11.3 Å². The van der Waals surface area contributed by atoms with E-state index in [9.17, 15) is 9.59 Å². The normalized spacial score (nSPS) is 10.7. The molecule has 0 saturated carbocycles. The first kappa shape index (κ1) is 13.0. The van der Waals surface area contributed by atoms with E-state index < -0.39 is 11.6 Å². The van der Waals surface area contributed by atoms with Gasteiger partial charge in [0, 0.05) is 7.05 Å². The SMILES string of the molecule is CNC(=O)c1ncn2c(=O)n(Cc3ccccc3)nnc12. The van der Waals surface area contributed by atoms with Gasteiger partial charge in [-0.05, 0) is 5.56 Å². The fourth-order valence-electron chi connectivity index (χ4n) is 1.97.